The molecule has 0 saturated heterocycles. The molecule has 0 aliphatic heterocycles. The van der Waals surface area contributed by atoms with Gasteiger partial charge in [-0.1, -0.05) is 200 Å². The number of nitrogens with zero attached hydrogens (tertiary/aromatic N) is 2. The molecule has 13 rings (SSSR count). The van der Waals surface area contributed by atoms with Crippen molar-refractivity contribution < 1.29 is 0 Å². The minimum absolute atomic E-state index is 0.108. The highest BCUT2D eigenvalue weighted by Crippen LogP contribution is 2.64. The number of para-hydroxylation sites is 1. The van der Waals surface area contributed by atoms with Crippen LogP contribution >= 0.6 is 0 Å². The standard InChI is InChI=1S/C58H36N2/c1-3-16-36(17-4-1)38-30-33-44-48(34-38)40-20-7-8-22-43(40)54(44)39-31-32-42-41-21-9-12-26-49(41)58(52(42)35-39)50-27-13-10-23-45(50)55-47(25-15-28-51(55)58)57-59-53-29-14-11-24-46(53)56(60-57)37-18-5-2-6-19-37/h1-35,54H. The zero-order valence-electron chi connectivity index (χ0n) is 32.7. The fraction of sp³-hybridized carbons (Fsp3) is 0.0345. The van der Waals surface area contributed by atoms with Crippen LogP contribution in [0.2, 0.25) is 0 Å². The van der Waals surface area contributed by atoms with Crippen LogP contribution in [0.1, 0.15) is 44.9 Å². The number of aromatic nitrogens is 2. The van der Waals surface area contributed by atoms with Gasteiger partial charge in [0.2, 0.25) is 0 Å². The predicted molar refractivity (Wildman–Crippen MR) is 245 cm³/mol. The Bertz CT molecular complexity index is 3380. The van der Waals surface area contributed by atoms with Crippen LogP contribution in [0.15, 0.2) is 212 Å². The van der Waals surface area contributed by atoms with E-state index in [1.54, 1.807) is 0 Å². The van der Waals surface area contributed by atoms with Gasteiger partial charge in [-0.05, 0) is 95.6 Å². The smallest absolute Gasteiger partial charge is 0.161 e. The largest absolute Gasteiger partial charge is 0.228 e. The quantitative estimate of drug-likeness (QED) is 0.179. The van der Waals surface area contributed by atoms with Crippen LogP contribution in [0, 0.1) is 0 Å². The van der Waals surface area contributed by atoms with Crippen LogP contribution < -0.4 is 0 Å². The molecule has 0 N–H and O–H groups in total. The third-order valence-electron chi connectivity index (χ3n) is 13.4. The first-order valence-electron chi connectivity index (χ1n) is 20.9. The summed E-state index contributed by atoms with van der Waals surface area (Å²) in [5.74, 6) is 0.850. The number of rotatable bonds is 4. The van der Waals surface area contributed by atoms with E-state index in [0.717, 1.165) is 33.5 Å². The van der Waals surface area contributed by atoms with Crippen LogP contribution in [0.5, 0.6) is 0 Å². The summed E-state index contributed by atoms with van der Waals surface area (Å²) in [5.41, 5.74) is 22.9. The van der Waals surface area contributed by atoms with Gasteiger partial charge in [0, 0.05) is 22.4 Å². The fourth-order valence-electron chi connectivity index (χ4n) is 11.0. The van der Waals surface area contributed by atoms with Crippen molar-refractivity contribution in [3.8, 4) is 67.2 Å². The van der Waals surface area contributed by atoms with Crippen LogP contribution in [-0.2, 0) is 5.41 Å². The van der Waals surface area contributed by atoms with E-state index in [9.17, 15) is 0 Å². The van der Waals surface area contributed by atoms with E-state index in [-0.39, 0.29) is 5.92 Å². The second kappa shape index (κ2) is 12.7. The van der Waals surface area contributed by atoms with E-state index in [1.165, 1.54) is 83.5 Å². The number of hydrogen-bond acceptors (Lipinski definition) is 2. The molecule has 60 heavy (non-hydrogen) atoms. The lowest BCUT2D eigenvalue weighted by molar-refractivity contribution is 0.790. The van der Waals surface area contributed by atoms with Crippen molar-refractivity contribution in [1.29, 1.82) is 0 Å². The first-order chi connectivity index (χ1) is 29.8. The van der Waals surface area contributed by atoms with E-state index in [0.29, 0.717) is 0 Å². The molecule has 1 heterocycles. The predicted octanol–water partition coefficient (Wildman–Crippen LogP) is 14.1. The van der Waals surface area contributed by atoms with Crippen LogP contribution in [0.25, 0.3) is 78.1 Å². The molecule has 3 aliphatic carbocycles. The molecule has 9 aromatic carbocycles. The molecular formula is C58H36N2. The summed E-state index contributed by atoms with van der Waals surface area (Å²) in [6.07, 6.45) is 0. The number of benzene rings is 9. The monoisotopic (exact) mass is 760 g/mol. The van der Waals surface area contributed by atoms with E-state index in [1.807, 2.05) is 0 Å². The summed E-state index contributed by atoms with van der Waals surface area (Å²) < 4.78 is 0. The van der Waals surface area contributed by atoms with Crippen molar-refractivity contribution in [2.24, 2.45) is 0 Å². The van der Waals surface area contributed by atoms with Crippen molar-refractivity contribution in [3.05, 3.63) is 251 Å². The van der Waals surface area contributed by atoms with Gasteiger partial charge >= 0.3 is 0 Å². The van der Waals surface area contributed by atoms with Gasteiger partial charge in [0.25, 0.3) is 0 Å². The third-order valence-corrected chi connectivity index (χ3v) is 13.4. The molecular weight excluding hydrogens is 725 g/mol. The zero-order valence-corrected chi connectivity index (χ0v) is 32.7. The number of hydrogen-bond donors (Lipinski definition) is 0. The molecule has 0 fully saturated rings. The molecule has 2 nitrogen and oxygen atoms in total. The maximum atomic E-state index is 5.42. The van der Waals surface area contributed by atoms with Gasteiger partial charge in [0.15, 0.2) is 5.82 Å². The van der Waals surface area contributed by atoms with Gasteiger partial charge < -0.3 is 0 Å². The van der Waals surface area contributed by atoms with Gasteiger partial charge in [0.05, 0.1) is 16.6 Å². The summed E-state index contributed by atoms with van der Waals surface area (Å²) in [7, 11) is 0. The Labute approximate surface area is 349 Å². The van der Waals surface area contributed by atoms with Crippen molar-refractivity contribution in [3.63, 3.8) is 0 Å². The van der Waals surface area contributed by atoms with Crippen molar-refractivity contribution in [2.45, 2.75) is 11.3 Å². The van der Waals surface area contributed by atoms with E-state index in [2.05, 4.69) is 212 Å². The topological polar surface area (TPSA) is 25.8 Å². The molecule has 2 unspecified atom stereocenters. The summed E-state index contributed by atoms with van der Waals surface area (Å²) in [6.45, 7) is 0. The summed E-state index contributed by atoms with van der Waals surface area (Å²) in [5, 5.41) is 1.05. The minimum atomic E-state index is -0.527. The highest BCUT2D eigenvalue weighted by atomic mass is 14.9. The average Bonchev–Trinajstić information content (AvgIpc) is 3.93. The molecule has 10 aromatic rings. The molecule has 0 radical (unpaired) electrons. The van der Waals surface area contributed by atoms with Crippen LogP contribution in [-0.4, -0.2) is 9.97 Å². The van der Waals surface area contributed by atoms with Gasteiger partial charge in [-0.15, -0.1) is 0 Å². The molecule has 0 saturated carbocycles. The van der Waals surface area contributed by atoms with E-state index >= 15 is 0 Å². The Morgan fingerprint density at radius 2 is 0.967 bits per heavy atom. The first-order valence-corrected chi connectivity index (χ1v) is 20.9. The second-order valence-electron chi connectivity index (χ2n) is 16.3. The average molecular weight is 761 g/mol. The van der Waals surface area contributed by atoms with Crippen LogP contribution in [0.4, 0.5) is 0 Å². The summed E-state index contributed by atoms with van der Waals surface area (Å²) >= 11 is 0. The van der Waals surface area contributed by atoms with E-state index < -0.39 is 5.41 Å². The summed E-state index contributed by atoms with van der Waals surface area (Å²) in [4.78, 5) is 10.7. The maximum absolute atomic E-state index is 5.42. The van der Waals surface area contributed by atoms with Crippen molar-refractivity contribution in [2.75, 3.05) is 0 Å². The Kier molecular flexibility index (Phi) is 7.03. The third kappa shape index (κ3) is 4.53. The Hall–Kier alpha value is -7.68. The Morgan fingerprint density at radius 3 is 1.80 bits per heavy atom. The SMILES string of the molecule is c1ccc(-c2ccc3c(c2)-c2ccccc2C3c2ccc3c(c2)C2(c4ccccc4-3)c3ccccc3-c3c(-c4nc(-c5ccccc5)c5ccccc5n4)cccc32)cc1. The molecule has 2 heteroatoms. The van der Waals surface area contributed by atoms with Gasteiger partial charge in [0.1, 0.15) is 0 Å². The molecule has 0 bridgehead atoms. The lowest BCUT2D eigenvalue weighted by Gasteiger charge is -2.31. The molecule has 2 atom stereocenters. The molecule has 1 spiro atoms. The van der Waals surface area contributed by atoms with E-state index in [4.69, 9.17) is 9.97 Å². The lowest BCUT2D eigenvalue weighted by atomic mass is 9.70. The first kappa shape index (κ1) is 33.3. The maximum Gasteiger partial charge on any atom is 0.161 e. The Morgan fingerprint density at radius 1 is 0.350 bits per heavy atom. The van der Waals surface area contributed by atoms with Crippen molar-refractivity contribution in [1.82, 2.24) is 9.97 Å². The van der Waals surface area contributed by atoms with Crippen molar-refractivity contribution >= 4 is 10.9 Å². The van der Waals surface area contributed by atoms with Gasteiger partial charge in [-0.2, -0.15) is 0 Å². The zero-order chi connectivity index (χ0) is 39.4. The number of fused-ring (bicyclic) bond motifs is 14. The highest BCUT2D eigenvalue weighted by Gasteiger charge is 2.52. The molecule has 278 valence electrons. The highest BCUT2D eigenvalue weighted by molar-refractivity contribution is 6.01. The normalized spacial score (nSPS) is 16.2. The Balaban J connectivity index is 1.05. The lowest BCUT2D eigenvalue weighted by Crippen LogP contribution is -2.26. The fourth-order valence-corrected chi connectivity index (χ4v) is 11.0. The van der Waals surface area contributed by atoms with Gasteiger partial charge in [-0.3, -0.25) is 0 Å². The van der Waals surface area contributed by atoms with Gasteiger partial charge in [-0.25, -0.2) is 9.97 Å². The second-order valence-corrected chi connectivity index (χ2v) is 16.3. The molecule has 0 amide bonds. The summed E-state index contributed by atoms with van der Waals surface area (Å²) in [6, 6.07) is 78.0. The molecule has 1 aromatic heterocycles. The van der Waals surface area contributed by atoms with Crippen LogP contribution in [0.3, 0.4) is 0 Å². The minimum Gasteiger partial charge on any atom is -0.228 e. The molecule has 3 aliphatic rings.